The fraction of sp³-hybridized carbons (Fsp3) is 0.476. The van der Waals surface area contributed by atoms with E-state index in [1.54, 1.807) is 6.07 Å². The normalized spacial score (nSPS) is 16.6. The summed E-state index contributed by atoms with van der Waals surface area (Å²) in [6, 6.07) is 7.51. The van der Waals surface area contributed by atoms with E-state index in [9.17, 15) is 4.79 Å². The zero-order valence-electron chi connectivity index (χ0n) is 17.2. The molecule has 1 aromatic carbocycles. The Balaban J connectivity index is 1.64. The minimum absolute atomic E-state index is 0.00593. The molecule has 3 rings (SSSR count). The highest BCUT2D eigenvalue weighted by Gasteiger charge is 2.28. The summed E-state index contributed by atoms with van der Waals surface area (Å²) in [7, 11) is 0. The van der Waals surface area contributed by atoms with E-state index in [0.29, 0.717) is 36.3 Å². The number of urea groups is 1. The Bertz CT molecular complexity index is 848. The summed E-state index contributed by atoms with van der Waals surface area (Å²) < 4.78 is 5.88. The van der Waals surface area contributed by atoms with Gasteiger partial charge in [-0.25, -0.2) is 14.8 Å². The van der Waals surface area contributed by atoms with Gasteiger partial charge in [0, 0.05) is 38.3 Å². The van der Waals surface area contributed by atoms with Crippen LogP contribution in [0.5, 0.6) is 11.6 Å². The minimum Gasteiger partial charge on any atom is -0.437 e. The molecule has 2 amide bonds. The van der Waals surface area contributed by atoms with Crippen LogP contribution in [-0.4, -0.2) is 53.1 Å². The Kier molecular flexibility index (Phi) is 7.14. The van der Waals surface area contributed by atoms with Gasteiger partial charge in [-0.05, 0) is 38.0 Å². The van der Waals surface area contributed by atoms with Crippen molar-refractivity contribution < 1.29 is 9.53 Å². The molecule has 0 radical (unpaired) electrons. The summed E-state index contributed by atoms with van der Waals surface area (Å²) in [5.74, 6) is 1.78. The van der Waals surface area contributed by atoms with Crippen LogP contribution in [0.3, 0.4) is 0 Å². The Morgan fingerprint density at radius 1 is 1.31 bits per heavy atom. The number of carbonyl (C=O) groups is 1. The first-order chi connectivity index (χ1) is 14.0. The molecule has 8 heteroatoms. The number of benzene rings is 1. The molecule has 1 aromatic heterocycles. The number of hydrogen-bond acceptors (Lipinski definition) is 5. The van der Waals surface area contributed by atoms with Crippen molar-refractivity contribution in [3.63, 3.8) is 0 Å². The van der Waals surface area contributed by atoms with Crippen LogP contribution in [0.1, 0.15) is 32.3 Å². The van der Waals surface area contributed by atoms with E-state index in [4.69, 9.17) is 16.3 Å². The first-order valence-electron chi connectivity index (χ1n) is 10.0. The molecule has 1 saturated heterocycles. The fourth-order valence-electron chi connectivity index (χ4n) is 3.30. The molecule has 0 aliphatic carbocycles. The molecule has 1 fully saturated rings. The monoisotopic (exact) mass is 417 g/mol. The second-order valence-corrected chi connectivity index (χ2v) is 7.73. The van der Waals surface area contributed by atoms with Gasteiger partial charge in [-0.2, -0.15) is 0 Å². The first kappa shape index (κ1) is 21.2. The highest BCUT2D eigenvalue weighted by molar-refractivity contribution is 6.32. The molecule has 1 atom stereocenters. The van der Waals surface area contributed by atoms with Gasteiger partial charge in [-0.1, -0.05) is 31.0 Å². The molecule has 2 heterocycles. The number of ether oxygens (including phenoxy) is 1. The number of halogens is 1. The minimum atomic E-state index is 0.00593. The number of aryl methyl sites for hydroxylation is 1. The Hall–Kier alpha value is -2.54. The van der Waals surface area contributed by atoms with Gasteiger partial charge in [-0.15, -0.1) is 0 Å². The average Bonchev–Trinajstić information content (AvgIpc) is 2.71. The Morgan fingerprint density at radius 3 is 2.90 bits per heavy atom. The summed E-state index contributed by atoms with van der Waals surface area (Å²) in [5.41, 5.74) is 1.06. The topological polar surface area (TPSA) is 70.6 Å². The van der Waals surface area contributed by atoms with Crippen LogP contribution in [0.15, 0.2) is 30.6 Å². The van der Waals surface area contributed by atoms with Crippen molar-refractivity contribution in [1.29, 1.82) is 0 Å². The van der Waals surface area contributed by atoms with Crippen molar-refractivity contribution >= 4 is 23.4 Å². The number of piperazine rings is 1. The molecule has 0 saturated carbocycles. The predicted molar refractivity (Wildman–Crippen MR) is 115 cm³/mol. The van der Waals surface area contributed by atoms with Gasteiger partial charge in [-0.3, -0.25) is 0 Å². The second-order valence-electron chi connectivity index (χ2n) is 7.32. The van der Waals surface area contributed by atoms with E-state index < -0.39 is 0 Å². The molecule has 1 aliphatic heterocycles. The smallest absolute Gasteiger partial charge is 0.317 e. The Labute approximate surface area is 177 Å². The first-order valence-corrected chi connectivity index (χ1v) is 10.4. The maximum atomic E-state index is 12.4. The molecular weight excluding hydrogens is 390 g/mol. The van der Waals surface area contributed by atoms with Crippen LogP contribution in [0.25, 0.3) is 0 Å². The molecule has 29 heavy (non-hydrogen) atoms. The summed E-state index contributed by atoms with van der Waals surface area (Å²) in [6.45, 7) is 8.90. The van der Waals surface area contributed by atoms with Crippen molar-refractivity contribution in [3.05, 3.63) is 41.2 Å². The van der Waals surface area contributed by atoms with Gasteiger partial charge >= 0.3 is 6.03 Å². The van der Waals surface area contributed by atoms with Gasteiger partial charge in [0.25, 0.3) is 0 Å². The van der Waals surface area contributed by atoms with Crippen molar-refractivity contribution in [3.8, 4) is 11.6 Å². The van der Waals surface area contributed by atoms with Crippen LogP contribution >= 0.6 is 11.6 Å². The van der Waals surface area contributed by atoms with E-state index in [2.05, 4.69) is 34.0 Å². The van der Waals surface area contributed by atoms with Crippen LogP contribution in [0.2, 0.25) is 5.02 Å². The van der Waals surface area contributed by atoms with E-state index in [0.717, 1.165) is 30.8 Å². The summed E-state index contributed by atoms with van der Waals surface area (Å²) in [5, 5.41) is 3.53. The molecular formula is C21H28ClN5O2. The highest BCUT2D eigenvalue weighted by Crippen LogP contribution is 2.30. The number of carbonyl (C=O) groups excluding carboxylic acids is 1. The second kappa shape index (κ2) is 9.78. The molecule has 156 valence electrons. The average molecular weight is 418 g/mol. The quantitative estimate of drug-likeness (QED) is 0.711. The number of unbranched alkanes of at least 4 members (excludes halogenated alkanes) is 1. The molecule has 1 aliphatic rings. The lowest BCUT2D eigenvalue weighted by molar-refractivity contribution is 0.171. The largest absolute Gasteiger partial charge is 0.437 e. The van der Waals surface area contributed by atoms with E-state index >= 15 is 0 Å². The number of rotatable bonds is 6. The predicted octanol–water partition coefficient (Wildman–Crippen LogP) is 4.25. The van der Waals surface area contributed by atoms with Crippen LogP contribution in [-0.2, 0) is 0 Å². The number of nitrogens with zero attached hydrogens (tertiary/aromatic N) is 4. The van der Waals surface area contributed by atoms with Gasteiger partial charge in [0.1, 0.15) is 17.9 Å². The number of aromatic nitrogens is 2. The number of nitrogens with one attached hydrogen (secondary N) is 1. The molecule has 1 N–H and O–H groups in total. The third kappa shape index (κ3) is 5.50. The molecule has 0 spiro atoms. The number of hydrogen-bond donors (Lipinski definition) is 1. The maximum absolute atomic E-state index is 12.4. The number of amides is 2. The van der Waals surface area contributed by atoms with Crippen molar-refractivity contribution in [2.24, 2.45) is 0 Å². The van der Waals surface area contributed by atoms with Gasteiger partial charge in [0.15, 0.2) is 0 Å². The van der Waals surface area contributed by atoms with Crippen molar-refractivity contribution in [2.45, 2.75) is 39.7 Å². The van der Waals surface area contributed by atoms with E-state index in [1.165, 1.54) is 6.33 Å². The van der Waals surface area contributed by atoms with Crippen LogP contribution in [0, 0.1) is 6.92 Å². The summed E-state index contributed by atoms with van der Waals surface area (Å²) in [4.78, 5) is 25.0. The molecule has 0 bridgehead atoms. The van der Waals surface area contributed by atoms with Crippen molar-refractivity contribution in [1.82, 2.24) is 20.2 Å². The third-order valence-corrected chi connectivity index (χ3v) is 5.26. The lowest BCUT2D eigenvalue weighted by Gasteiger charge is -2.40. The number of anilines is 1. The summed E-state index contributed by atoms with van der Waals surface area (Å²) >= 11 is 6.22. The molecule has 7 nitrogen and oxygen atoms in total. The summed E-state index contributed by atoms with van der Waals surface area (Å²) in [6.07, 6.45) is 3.55. The van der Waals surface area contributed by atoms with Gasteiger partial charge < -0.3 is 19.9 Å². The fourth-order valence-corrected chi connectivity index (χ4v) is 3.46. The maximum Gasteiger partial charge on any atom is 0.317 e. The third-order valence-electron chi connectivity index (χ3n) is 4.95. The molecule has 0 unspecified atom stereocenters. The lowest BCUT2D eigenvalue weighted by Crippen LogP contribution is -2.56. The van der Waals surface area contributed by atoms with Gasteiger partial charge in [0.05, 0.1) is 5.02 Å². The van der Waals surface area contributed by atoms with Crippen LogP contribution in [0.4, 0.5) is 10.6 Å². The highest BCUT2D eigenvalue weighted by atomic mass is 35.5. The zero-order chi connectivity index (χ0) is 20.8. The lowest BCUT2D eigenvalue weighted by atomic mass is 10.2. The molecule has 2 aromatic rings. The van der Waals surface area contributed by atoms with E-state index in [-0.39, 0.29) is 12.1 Å². The zero-order valence-corrected chi connectivity index (χ0v) is 17.9. The van der Waals surface area contributed by atoms with E-state index in [1.807, 2.05) is 30.0 Å². The van der Waals surface area contributed by atoms with Crippen molar-refractivity contribution in [2.75, 3.05) is 31.1 Å². The standard InChI is InChI=1S/C21H28ClN5O2/c1-4-5-8-23-21(28)27-10-9-26(13-16(27)3)19-12-20(25-14-24-19)29-18-11-15(2)6-7-17(18)22/h6-7,11-12,14,16H,4-5,8-10,13H2,1-3H3,(H,23,28)/t16-/m0/s1. The SMILES string of the molecule is CCCCNC(=O)N1CCN(c2cc(Oc3cc(C)ccc3Cl)ncn2)C[C@@H]1C. The van der Waals surface area contributed by atoms with Gasteiger partial charge in [0.2, 0.25) is 5.88 Å². The Morgan fingerprint density at radius 2 is 2.14 bits per heavy atom. The van der Waals surface area contributed by atoms with Crippen LogP contribution < -0.4 is 15.0 Å².